The van der Waals surface area contributed by atoms with Crippen molar-refractivity contribution in [1.82, 2.24) is 10.2 Å². The van der Waals surface area contributed by atoms with Crippen molar-refractivity contribution in [2.45, 2.75) is 44.5 Å². The van der Waals surface area contributed by atoms with E-state index < -0.39 is 30.1 Å². The highest BCUT2D eigenvalue weighted by Crippen LogP contribution is 2.45. The number of rotatable bonds is 12. The number of aliphatic hydroxyl groups is 2. The number of methoxy groups -OCH3 is 2. The normalized spacial score (nSPS) is 20.7. The van der Waals surface area contributed by atoms with E-state index in [0.29, 0.717) is 39.9 Å². The molecule has 2 amide bonds. The summed E-state index contributed by atoms with van der Waals surface area (Å²) in [5.74, 6) is -0.475. The van der Waals surface area contributed by atoms with Gasteiger partial charge in [0.2, 0.25) is 5.91 Å². The first kappa shape index (κ1) is 31.1. The van der Waals surface area contributed by atoms with E-state index >= 15 is 0 Å². The summed E-state index contributed by atoms with van der Waals surface area (Å²) in [5.41, 5.74) is 1.68. The summed E-state index contributed by atoms with van der Waals surface area (Å²) in [7, 11) is 3.06. The number of halogens is 1. The van der Waals surface area contributed by atoms with Gasteiger partial charge in [0.15, 0.2) is 11.5 Å². The van der Waals surface area contributed by atoms with Gasteiger partial charge in [-0.05, 0) is 57.1 Å². The second-order valence-corrected chi connectivity index (χ2v) is 11.0. The molecule has 0 aromatic heterocycles. The number of para-hydroxylation sites is 1. The van der Waals surface area contributed by atoms with Gasteiger partial charge in [-0.1, -0.05) is 23.7 Å². The Morgan fingerprint density at radius 3 is 2.59 bits per heavy atom. The van der Waals surface area contributed by atoms with Crippen LogP contribution < -0.4 is 19.7 Å². The molecule has 41 heavy (non-hydrogen) atoms. The van der Waals surface area contributed by atoms with Gasteiger partial charge in [0.25, 0.3) is 5.91 Å². The highest BCUT2D eigenvalue weighted by atomic mass is 35.5. The topological polar surface area (TPSA) is 121 Å². The first-order valence-electron chi connectivity index (χ1n) is 14.0. The lowest BCUT2D eigenvalue weighted by molar-refractivity contribution is -0.138. The fourth-order valence-electron chi connectivity index (χ4n) is 5.45. The Morgan fingerprint density at radius 2 is 1.93 bits per heavy atom. The van der Waals surface area contributed by atoms with Crippen LogP contribution in [0.2, 0.25) is 5.02 Å². The van der Waals surface area contributed by atoms with E-state index in [4.69, 9.17) is 25.8 Å². The fraction of sp³-hybridized carbons (Fsp3) is 0.533. The first-order valence-corrected chi connectivity index (χ1v) is 14.4. The lowest BCUT2D eigenvalue weighted by Crippen LogP contribution is -2.46. The van der Waals surface area contributed by atoms with Crippen LogP contribution >= 0.6 is 11.6 Å². The lowest BCUT2D eigenvalue weighted by atomic mass is 9.97. The Morgan fingerprint density at radius 1 is 1.17 bits per heavy atom. The molecule has 0 bridgehead atoms. The third kappa shape index (κ3) is 7.31. The van der Waals surface area contributed by atoms with E-state index in [0.717, 1.165) is 32.5 Å². The van der Waals surface area contributed by atoms with Gasteiger partial charge in [-0.3, -0.25) is 9.59 Å². The molecule has 1 saturated heterocycles. The molecular formula is C30H40ClN3O7. The van der Waals surface area contributed by atoms with Gasteiger partial charge in [-0.25, -0.2) is 0 Å². The standard InChI is InChI=1S/C30H40ClN3O7/c1-19(36)20(18-35)17-34-24-10-9-21(31)15-23(24)28(22-7-6-8-25(39-2)29(22)40-3)41-26(30(34)38)16-27(37)32-11-14-33-12-4-5-13-33/h6-10,15,19-20,26,28,35-36H,4-5,11-14,16-18H2,1-3H3,(H,32,37). The summed E-state index contributed by atoms with van der Waals surface area (Å²) in [4.78, 5) is 31.0. The Labute approximate surface area is 246 Å². The Bertz CT molecular complexity index is 1200. The number of fused-ring (bicyclic) bond motifs is 1. The van der Waals surface area contributed by atoms with Gasteiger partial charge in [0, 0.05) is 47.4 Å². The van der Waals surface area contributed by atoms with Crippen molar-refractivity contribution in [3.63, 3.8) is 0 Å². The van der Waals surface area contributed by atoms with Crippen LogP contribution in [0.15, 0.2) is 36.4 Å². The number of nitrogens with one attached hydrogen (secondary N) is 1. The summed E-state index contributed by atoms with van der Waals surface area (Å²) in [6.45, 7) is 4.51. The van der Waals surface area contributed by atoms with Crippen LogP contribution in [0.25, 0.3) is 0 Å². The number of carbonyl (C=O) groups excluding carboxylic acids is 2. The molecule has 0 aliphatic carbocycles. The summed E-state index contributed by atoms with van der Waals surface area (Å²) in [5, 5.41) is 23.6. The molecule has 4 unspecified atom stereocenters. The molecule has 11 heteroatoms. The Kier molecular flexibility index (Phi) is 10.9. The molecule has 224 valence electrons. The molecule has 2 heterocycles. The second-order valence-electron chi connectivity index (χ2n) is 10.5. The number of ether oxygens (including phenoxy) is 3. The summed E-state index contributed by atoms with van der Waals surface area (Å²) in [6, 6.07) is 10.5. The third-order valence-electron chi connectivity index (χ3n) is 7.77. The second kappa shape index (κ2) is 14.3. The highest BCUT2D eigenvalue weighted by Gasteiger charge is 2.40. The molecular weight excluding hydrogens is 550 g/mol. The fourth-order valence-corrected chi connectivity index (χ4v) is 5.63. The van der Waals surface area contributed by atoms with Crippen molar-refractivity contribution in [3.8, 4) is 11.5 Å². The number of benzene rings is 2. The monoisotopic (exact) mass is 589 g/mol. The average Bonchev–Trinajstić information content (AvgIpc) is 3.45. The average molecular weight is 590 g/mol. The molecule has 0 radical (unpaired) electrons. The number of amides is 2. The third-order valence-corrected chi connectivity index (χ3v) is 8.01. The zero-order valence-corrected chi connectivity index (χ0v) is 24.6. The van der Waals surface area contributed by atoms with Gasteiger partial charge in [-0.2, -0.15) is 0 Å². The number of anilines is 1. The summed E-state index contributed by atoms with van der Waals surface area (Å²) < 4.78 is 17.7. The number of hydrogen-bond acceptors (Lipinski definition) is 8. The number of nitrogens with zero attached hydrogens (tertiary/aromatic N) is 2. The van der Waals surface area contributed by atoms with Gasteiger partial charge >= 0.3 is 0 Å². The molecule has 2 aliphatic rings. The van der Waals surface area contributed by atoms with Gasteiger partial charge in [0.05, 0.1) is 33.4 Å². The number of likely N-dealkylation sites (tertiary alicyclic amines) is 1. The molecule has 2 aliphatic heterocycles. The Balaban J connectivity index is 1.72. The molecule has 0 spiro atoms. The van der Waals surface area contributed by atoms with E-state index in [-0.39, 0.29) is 25.5 Å². The van der Waals surface area contributed by atoms with Crippen LogP contribution in [0, 0.1) is 5.92 Å². The highest BCUT2D eigenvalue weighted by molar-refractivity contribution is 6.30. The number of hydrogen-bond donors (Lipinski definition) is 3. The van der Waals surface area contributed by atoms with E-state index in [2.05, 4.69) is 10.2 Å². The van der Waals surface area contributed by atoms with Crippen LogP contribution in [0.4, 0.5) is 5.69 Å². The predicted molar refractivity (Wildman–Crippen MR) is 156 cm³/mol. The van der Waals surface area contributed by atoms with E-state index in [9.17, 15) is 19.8 Å². The van der Waals surface area contributed by atoms with Crippen LogP contribution in [-0.4, -0.2) is 92.7 Å². The first-order chi connectivity index (χ1) is 19.8. The van der Waals surface area contributed by atoms with Crippen molar-refractivity contribution in [1.29, 1.82) is 0 Å². The van der Waals surface area contributed by atoms with Crippen LogP contribution in [-0.2, 0) is 14.3 Å². The minimum Gasteiger partial charge on any atom is -0.493 e. The minimum absolute atomic E-state index is 0.0139. The molecule has 2 aromatic rings. The minimum atomic E-state index is -1.16. The molecule has 1 fully saturated rings. The maximum atomic E-state index is 14.1. The van der Waals surface area contributed by atoms with E-state index in [1.165, 1.54) is 19.1 Å². The molecule has 3 N–H and O–H groups in total. The lowest BCUT2D eigenvalue weighted by Gasteiger charge is -2.29. The van der Waals surface area contributed by atoms with Crippen LogP contribution in [0.1, 0.15) is 43.4 Å². The van der Waals surface area contributed by atoms with Crippen molar-refractivity contribution in [3.05, 3.63) is 52.5 Å². The zero-order chi connectivity index (χ0) is 29.5. The maximum Gasteiger partial charge on any atom is 0.256 e. The van der Waals surface area contributed by atoms with Crippen molar-refractivity contribution < 1.29 is 34.0 Å². The van der Waals surface area contributed by atoms with E-state index in [1.54, 1.807) is 37.3 Å². The summed E-state index contributed by atoms with van der Waals surface area (Å²) in [6.07, 6.45) is -0.774. The molecule has 2 aromatic carbocycles. The molecule has 4 rings (SSSR count). The van der Waals surface area contributed by atoms with Gasteiger partial charge < -0.3 is 39.5 Å². The van der Waals surface area contributed by atoms with Crippen molar-refractivity contribution >= 4 is 29.1 Å². The largest absolute Gasteiger partial charge is 0.493 e. The molecule has 10 nitrogen and oxygen atoms in total. The quantitative estimate of drug-likeness (QED) is 0.346. The predicted octanol–water partition coefficient (Wildman–Crippen LogP) is 2.77. The smallest absolute Gasteiger partial charge is 0.256 e. The number of aliphatic hydroxyl groups excluding tert-OH is 2. The maximum absolute atomic E-state index is 14.1. The Hall–Kier alpha value is -2.89. The zero-order valence-electron chi connectivity index (χ0n) is 23.8. The van der Waals surface area contributed by atoms with E-state index in [1.807, 2.05) is 6.07 Å². The number of carbonyl (C=O) groups is 2. The molecule has 4 atom stereocenters. The van der Waals surface area contributed by atoms with Crippen molar-refractivity contribution in [2.75, 3.05) is 58.5 Å². The van der Waals surface area contributed by atoms with Gasteiger partial charge in [0.1, 0.15) is 12.2 Å². The van der Waals surface area contributed by atoms with Gasteiger partial charge in [-0.15, -0.1) is 0 Å². The van der Waals surface area contributed by atoms with Crippen LogP contribution in [0.3, 0.4) is 0 Å². The van der Waals surface area contributed by atoms with Crippen LogP contribution in [0.5, 0.6) is 11.5 Å². The molecule has 0 saturated carbocycles. The SMILES string of the molecule is COc1cccc(C2OC(CC(=O)NCCN3CCCC3)C(=O)N(CC(CO)C(C)O)c3ccc(Cl)cc32)c1OC. The summed E-state index contributed by atoms with van der Waals surface area (Å²) >= 11 is 6.45. The van der Waals surface area contributed by atoms with Crippen molar-refractivity contribution in [2.24, 2.45) is 5.92 Å².